The van der Waals surface area contributed by atoms with Crippen LogP contribution in [0, 0.1) is 5.92 Å². The number of carbonyl (C=O) groups is 1. The van der Waals surface area contributed by atoms with Crippen LogP contribution in [0.15, 0.2) is 0 Å². The van der Waals surface area contributed by atoms with Crippen molar-refractivity contribution in [1.82, 2.24) is 10.2 Å². The molecule has 1 aliphatic rings. The van der Waals surface area contributed by atoms with E-state index in [9.17, 15) is 4.79 Å². The van der Waals surface area contributed by atoms with E-state index in [1.807, 2.05) is 0 Å². The van der Waals surface area contributed by atoms with Gasteiger partial charge < -0.3 is 15.8 Å². The molecular weight excluding hydrogens is 218 g/mol. The van der Waals surface area contributed by atoms with E-state index >= 15 is 0 Å². The fourth-order valence-electron chi connectivity index (χ4n) is 2.17. The highest BCUT2D eigenvalue weighted by atomic mass is 16.5. The average Bonchev–Trinajstić information content (AvgIpc) is 2.27. The van der Waals surface area contributed by atoms with Crippen molar-refractivity contribution in [2.24, 2.45) is 11.7 Å². The molecule has 0 spiro atoms. The third-order valence-electron chi connectivity index (χ3n) is 3.03. The monoisotopic (exact) mass is 243 g/mol. The Morgan fingerprint density at radius 3 is 2.71 bits per heavy atom. The Bertz CT molecular complexity index is 240. The normalized spacial score (nSPS) is 23.0. The lowest BCUT2D eigenvalue weighted by molar-refractivity contribution is -0.121. The quantitative estimate of drug-likeness (QED) is 0.678. The third-order valence-corrected chi connectivity index (χ3v) is 3.03. The Hall–Kier alpha value is -0.650. The fourth-order valence-corrected chi connectivity index (χ4v) is 2.17. The van der Waals surface area contributed by atoms with E-state index in [0.717, 1.165) is 26.2 Å². The Morgan fingerprint density at radius 1 is 1.53 bits per heavy atom. The summed E-state index contributed by atoms with van der Waals surface area (Å²) in [7, 11) is 0. The second-order valence-corrected chi connectivity index (χ2v) is 5.14. The summed E-state index contributed by atoms with van der Waals surface area (Å²) in [5, 5.41) is 3.31. The van der Waals surface area contributed by atoms with Crippen molar-refractivity contribution in [2.45, 2.75) is 32.9 Å². The van der Waals surface area contributed by atoms with Crippen LogP contribution in [0.25, 0.3) is 0 Å². The summed E-state index contributed by atoms with van der Waals surface area (Å²) < 4.78 is 5.73. The highest BCUT2D eigenvalue weighted by molar-refractivity contribution is 5.75. The van der Waals surface area contributed by atoms with E-state index < -0.39 is 0 Å². The smallest absolute Gasteiger partial charge is 0.231 e. The van der Waals surface area contributed by atoms with Gasteiger partial charge in [0.25, 0.3) is 0 Å². The summed E-state index contributed by atoms with van der Waals surface area (Å²) in [4.78, 5) is 13.2. The van der Waals surface area contributed by atoms with Crippen LogP contribution in [0.1, 0.15) is 20.8 Å². The first-order chi connectivity index (χ1) is 8.00. The molecule has 0 bridgehead atoms. The predicted octanol–water partition coefficient (Wildman–Crippen LogP) is -0.193. The molecule has 1 amide bonds. The van der Waals surface area contributed by atoms with Crippen molar-refractivity contribution in [2.75, 3.05) is 32.8 Å². The number of hydrogen-bond donors (Lipinski definition) is 2. The number of hydrogen-bond acceptors (Lipinski definition) is 4. The predicted molar refractivity (Wildman–Crippen MR) is 67.7 cm³/mol. The summed E-state index contributed by atoms with van der Waals surface area (Å²) >= 11 is 0. The number of morpholine rings is 1. The number of carbonyl (C=O) groups excluding carboxylic acids is 1. The van der Waals surface area contributed by atoms with Gasteiger partial charge in [-0.05, 0) is 12.8 Å². The summed E-state index contributed by atoms with van der Waals surface area (Å²) in [5.74, 6) is 0.231. The molecule has 2 unspecified atom stereocenters. The second kappa shape index (κ2) is 6.93. The van der Waals surface area contributed by atoms with Crippen LogP contribution in [0.4, 0.5) is 0 Å². The maximum atomic E-state index is 11.1. The summed E-state index contributed by atoms with van der Waals surface area (Å²) in [6.07, 6.45) is 0.141. The van der Waals surface area contributed by atoms with Gasteiger partial charge >= 0.3 is 0 Å². The summed E-state index contributed by atoms with van der Waals surface area (Å²) in [5.41, 5.74) is 5.30. The van der Waals surface area contributed by atoms with E-state index in [0.29, 0.717) is 12.5 Å². The largest absolute Gasteiger partial charge is 0.374 e. The maximum absolute atomic E-state index is 11.1. The van der Waals surface area contributed by atoms with Gasteiger partial charge in [0.2, 0.25) is 5.91 Å². The number of nitrogens with zero attached hydrogens (tertiary/aromatic N) is 1. The van der Waals surface area contributed by atoms with E-state index in [1.54, 1.807) is 0 Å². The summed E-state index contributed by atoms with van der Waals surface area (Å²) in [6.45, 7) is 10.0. The minimum atomic E-state index is -0.277. The molecule has 0 aliphatic carbocycles. The van der Waals surface area contributed by atoms with Crippen LogP contribution in [0.5, 0.6) is 0 Å². The second-order valence-electron chi connectivity index (χ2n) is 5.14. The molecule has 5 nitrogen and oxygen atoms in total. The lowest BCUT2D eigenvalue weighted by Gasteiger charge is -2.36. The van der Waals surface area contributed by atoms with Gasteiger partial charge in [-0.25, -0.2) is 0 Å². The number of amides is 1. The molecule has 0 aromatic carbocycles. The number of rotatable bonds is 6. The zero-order valence-corrected chi connectivity index (χ0v) is 11.1. The van der Waals surface area contributed by atoms with Crippen molar-refractivity contribution in [1.29, 1.82) is 0 Å². The molecule has 0 aromatic rings. The number of nitrogens with one attached hydrogen (secondary N) is 1. The first-order valence-electron chi connectivity index (χ1n) is 6.35. The van der Waals surface area contributed by atoms with Gasteiger partial charge in [0, 0.05) is 25.7 Å². The molecule has 1 fully saturated rings. The van der Waals surface area contributed by atoms with E-state index in [-0.39, 0.29) is 18.1 Å². The van der Waals surface area contributed by atoms with Gasteiger partial charge in [-0.2, -0.15) is 0 Å². The van der Waals surface area contributed by atoms with Crippen LogP contribution in [-0.2, 0) is 9.53 Å². The molecule has 100 valence electrons. The van der Waals surface area contributed by atoms with Crippen molar-refractivity contribution >= 4 is 5.91 Å². The lowest BCUT2D eigenvalue weighted by atomic mass is 10.1. The van der Waals surface area contributed by atoms with E-state index in [4.69, 9.17) is 10.5 Å². The summed E-state index contributed by atoms with van der Waals surface area (Å²) in [6, 6.07) is 0.206. The lowest BCUT2D eigenvalue weighted by Crippen LogP contribution is -2.53. The van der Waals surface area contributed by atoms with Crippen molar-refractivity contribution in [3.8, 4) is 0 Å². The van der Waals surface area contributed by atoms with Crippen LogP contribution in [-0.4, -0.2) is 55.7 Å². The zero-order valence-electron chi connectivity index (χ0n) is 11.1. The Labute approximate surface area is 104 Å². The van der Waals surface area contributed by atoms with Gasteiger partial charge in [-0.3, -0.25) is 9.69 Å². The van der Waals surface area contributed by atoms with Gasteiger partial charge in [0.15, 0.2) is 0 Å². The van der Waals surface area contributed by atoms with Crippen LogP contribution in [0.2, 0.25) is 0 Å². The third kappa shape index (κ3) is 5.02. The first kappa shape index (κ1) is 14.4. The topological polar surface area (TPSA) is 67.6 Å². The van der Waals surface area contributed by atoms with Gasteiger partial charge in [0.05, 0.1) is 19.3 Å². The van der Waals surface area contributed by atoms with Gasteiger partial charge in [0.1, 0.15) is 0 Å². The molecule has 3 N–H and O–H groups in total. The Kier molecular flexibility index (Phi) is 5.88. The SMILES string of the molecule is CC(C)CN(CC(N)=O)C(C)C1CNCCO1. The van der Waals surface area contributed by atoms with Crippen molar-refractivity contribution in [3.63, 3.8) is 0 Å². The number of primary amides is 1. The maximum Gasteiger partial charge on any atom is 0.231 e. The van der Waals surface area contributed by atoms with Crippen LogP contribution in [0.3, 0.4) is 0 Å². The van der Waals surface area contributed by atoms with Crippen molar-refractivity contribution < 1.29 is 9.53 Å². The molecule has 1 rings (SSSR count). The molecule has 0 radical (unpaired) electrons. The average molecular weight is 243 g/mol. The molecule has 1 heterocycles. The van der Waals surface area contributed by atoms with Gasteiger partial charge in [-0.15, -0.1) is 0 Å². The molecule has 17 heavy (non-hydrogen) atoms. The fraction of sp³-hybridized carbons (Fsp3) is 0.917. The van der Waals surface area contributed by atoms with Crippen LogP contribution >= 0.6 is 0 Å². The molecule has 0 aromatic heterocycles. The van der Waals surface area contributed by atoms with Crippen molar-refractivity contribution in [3.05, 3.63) is 0 Å². The highest BCUT2D eigenvalue weighted by Crippen LogP contribution is 2.12. The minimum absolute atomic E-state index is 0.141. The molecule has 1 aliphatic heterocycles. The molecule has 5 heteroatoms. The first-order valence-corrected chi connectivity index (χ1v) is 6.35. The van der Waals surface area contributed by atoms with Gasteiger partial charge in [-0.1, -0.05) is 13.8 Å². The number of nitrogens with two attached hydrogens (primary N) is 1. The standard InChI is InChI=1S/C12H25N3O2/c1-9(2)7-15(8-12(13)16)10(3)11-6-14-4-5-17-11/h9-11,14H,4-8H2,1-3H3,(H2,13,16). The van der Waals surface area contributed by atoms with Crippen LogP contribution < -0.4 is 11.1 Å². The zero-order chi connectivity index (χ0) is 12.8. The van der Waals surface area contributed by atoms with E-state index in [1.165, 1.54) is 0 Å². The Morgan fingerprint density at radius 2 is 2.24 bits per heavy atom. The highest BCUT2D eigenvalue weighted by Gasteiger charge is 2.27. The number of ether oxygens (including phenoxy) is 1. The van der Waals surface area contributed by atoms with E-state index in [2.05, 4.69) is 31.0 Å². The minimum Gasteiger partial charge on any atom is -0.374 e. The Balaban J connectivity index is 2.56. The molecule has 0 saturated carbocycles. The molecular formula is C12H25N3O2. The molecule has 1 saturated heterocycles. The molecule has 2 atom stereocenters.